The molecule has 3 aromatic rings. The second kappa shape index (κ2) is 8.55. The molecule has 2 amide bonds. The fourth-order valence-electron chi connectivity index (χ4n) is 8.10. The van der Waals surface area contributed by atoms with E-state index in [0.717, 1.165) is 37.1 Å². The Morgan fingerprint density at radius 3 is 2.03 bits per heavy atom. The topological polar surface area (TPSA) is 64.1 Å². The van der Waals surface area contributed by atoms with E-state index in [1.165, 1.54) is 0 Å². The smallest absolute Gasteiger partial charge is 0.241 e. The number of likely N-dealkylation sites (N-methyl/N-ethyl adjacent to an activating group) is 2. The molecule has 0 radical (unpaired) electrons. The summed E-state index contributed by atoms with van der Waals surface area (Å²) in [5.41, 5.74) is 1.57. The lowest BCUT2D eigenvalue weighted by Gasteiger charge is -2.45. The van der Waals surface area contributed by atoms with Gasteiger partial charge in [0.05, 0.1) is 32.9 Å². The molecule has 1 fully saturated rings. The quantitative estimate of drug-likeness (QED) is 0.486. The molecule has 8 heteroatoms. The largest absolute Gasteiger partial charge is 0.387 e. The second-order valence-electron chi connectivity index (χ2n) is 11.3. The van der Waals surface area contributed by atoms with Gasteiger partial charge in [-0.25, -0.2) is 0 Å². The van der Waals surface area contributed by atoms with Crippen molar-refractivity contribution in [3.8, 4) is 0 Å². The molecule has 6 nitrogen and oxygen atoms in total. The van der Waals surface area contributed by atoms with Crippen LogP contribution in [0.5, 0.6) is 0 Å². The molecule has 1 aliphatic carbocycles. The van der Waals surface area contributed by atoms with Crippen LogP contribution in [0.4, 0.5) is 11.4 Å². The zero-order valence-corrected chi connectivity index (χ0v) is 23.3. The molecule has 1 spiro atoms. The summed E-state index contributed by atoms with van der Waals surface area (Å²) in [5.74, 6) is -1.07. The van der Waals surface area contributed by atoms with E-state index in [2.05, 4.69) is 4.90 Å². The van der Waals surface area contributed by atoms with Gasteiger partial charge in [-0.15, -0.1) is 0 Å². The van der Waals surface area contributed by atoms with Crippen LogP contribution < -0.4 is 9.80 Å². The van der Waals surface area contributed by atoms with Crippen molar-refractivity contribution < 1.29 is 14.7 Å². The summed E-state index contributed by atoms with van der Waals surface area (Å²) in [7, 11) is 3.46. The molecule has 7 rings (SSSR count). The number of para-hydroxylation sites is 2. The standard InChI is InChI=1S/C31H29Cl2N3O3/c1-34-24-20(11-7-13-22(24)32)30(28(34)38,17-36-15-5-6-16-36)26-18-9-3-4-10-19(18)27(37)31(26)21-12-8-14-23(33)25(21)35(2)29(31)39/h3-4,7-14,26-27,37H,5-6,15-17H2,1-2H3/t26-,27-,30-,31-/m1/s1. The van der Waals surface area contributed by atoms with Gasteiger partial charge >= 0.3 is 0 Å². The number of likely N-dealkylation sites (tertiary alicyclic amines) is 1. The number of anilines is 2. The van der Waals surface area contributed by atoms with Crippen LogP contribution in [0, 0.1) is 0 Å². The van der Waals surface area contributed by atoms with Crippen molar-refractivity contribution in [1.29, 1.82) is 0 Å². The number of aliphatic hydroxyl groups excluding tert-OH is 1. The molecule has 200 valence electrons. The number of benzene rings is 3. The summed E-state index contributed by atoms with van der Waals surface area (Å²) in [6, 6.07) is 18.8. The Kier molecular flexibility index (Phi) is 5.50. The van der Waals surface area contributed by atoms with Gasteiger partial charge in [-0.05, 0) is 60.3 Å². The number of rotatable bonds is 3. The van der Waals surface area contributed by atoms with Crippen LogP contribution in [0.3, 0.4) is 0 Å². The average Bonchev–Trinajstić information content (AvgIpc) is 3.64. The summed E-state index contributed by atoms with van der Waals surface area (Å²) in [5, 5.41) is 13.2. The first-order valence-corrected chi connectivity index (χ1v) is 14.2. The van der Waals surface area contributed by atoms with Crippen molar-refractivity contribution in [2.24, 2.45) is 0 Å². The predicted octanol–water partition coefficient (Wildman–Crippen LogP) is 5.05. The van der Waals surface area contributed by atoms with Crippen LogP contribution >= 0.6 is 23.2 Å². The van der Waals surface area contributed by atoms with Gasteiger partial charge in [0.15, 0.2) is 0 Å². The van der Waals surface area contributed by atoms with Gasteiger partial charge in [0.1, 0.15) is 5.41 Å². The molecule has 1 saturated heterocycles. The van der Waals surface area contributed by atoms with E-state index >= 15 is 0 Å². The molecule has 4 atom stereocenters. The Hall–Kier alpha value is -2.90. The molecule has 1 N–H and O–H groups in total. The summed E-state index contributed by atoms with van der Waals surface area (Å²) < 4.78 is 0. The number of halogens is 2. The third-order valence-electron chi connectivity index (χ3n) is 9.57. The number of hydrogen-bond acceptors (Lipinski definition) is 4. The average molecular weight is 562 g/mol. The Bertz CT molecular complexity index is 1550. The maximum absolute atomic E-state index is 14.8. The Balaban J connectivity index is 1.61. The molecular weight excluding hydrogens is 533 g/mol. The third kappa shape index (κ3) is 2.95. The number of nitrogens with zero attached hydrogens (tertiary/aromatic N) is 3. The van der Waals surface area contributed by atoms with Crippen LogP contribution in [-0.2, 0) is 20.4 Å². The van der Waals surface area contributed by atoms with Crippen LogP contribution in [0.15, 0.2) is 60.7 Å². The molecule has 0 unspecified atom stereocenters. The highest BCUT2D eigenvalue weighted by molar-refractivity contribution is 6.36. The highest BCUT2D eigenvalue weighted by Gasteiger charge is 2.72. The Morgan fingerprint density at radius 2 is 1.36 bits per heavy atom. The van der Waals surface area contributed by atoms with Gasteiger partial charge < -0.3 is 19.8 Å². The first kappa shape index (κ1) is 25.1. The van der Waals surface area contributed by atoms with Gasteiger partial charge in [0.2, 0.25) is 11.8 Å². The van der Waals surface area contributed by atoms with Gasteiger partial charge in [-0.1, -0.05) is 71.7 Å². The number of carbonyl (C=O) groups excluding carboxylic acids is 2. The first-order valence-electron chi connectivity index (χ1n) is 13.4. The van der Waals surface area contributed by atoms with Crippen molar-refractivity contribution >= 4 is 46.4 Å². The SMILES string of the molecule is CN1C(=O)[C@@]2(c3cccc(Cl)c31)[C@H](O)c1ccccc1[C@@H]2[C@]1(CN2CCCC2)C(=O)N(C)c2c(Cl)cccc21. The molecule has 39 heavy (non-hydrogen) atoms. The fraction of sp³-hybridized carbons (Fsp3) is 0.355. The van der Waals surface area contributed by atoms with Crippen LogP contribution in [0.2, 0.25) is 10.0 Å². The van der Waals surface area contributed by atoms with Gasteiger partial charge in [0, 0.05) is 26.6 Å². The van der Waals surface area contributed by atoms with Crippen molar-refractivity contribution in [2.75, 3.05) is 43.5 Å². The third-order valence-corrected chi connectivity index (χ3v) is 10.2. The van der Waals surface area contributed by atoms with Gasteiger partial charge in [-0.3, -0.25) is 9.59 Å². The molecular formula is C31H29Cl2N3O3. The molecule has 3 heterocycles. The second-order valence-corrected chi connectivity index (χ2v) is 12.1. The van der Waals surface area contributed by atoms with Crippen LogP contribution in [0.25, 0.3) is 0 Å². The summed E-state index contributed by atoms with van der Waals surface area (Å²) in [6.07, 6.45) is 0.945. The predicted molar refractivity (Wildman–Crippen MR) is 153 cm³/mol. The van der Waals surface area contributed by atoms with E-state index in [-0.39, 0.29) is 11.8 Å². The maximum atomic E-state index is 14.8. The number of amides is 2. The van der Waals surface area contributed by atoms with Crippen molar-refractivity contribution in [1.82, 2.24) is 4.90 Å². The highest BCUT2D eigenvalue weighted by atomic mass is 35.5. The minimum Gasteiger partial charge on any atom is -0.387 e. The van der Waals surface area contributed by atoms with Gasteiger partial charge in [0.25, 0.3) is 0 Å². The van der Waals surface area contributed by atoms with Crippen LogP contribution in [-0.4, -0.2) is 55.6 Å². The summed E-state index contributed by atoms with van der Waals surface area (Å²) in [6.45, 7) is 2.16. The lowest BCUT2D eigenvalue weighted by Crippen LogP contribution is -2.58. The minimum atomic E-state index is -1.45. The van der Waals surface area contributed by atoms with E-state index in [9.17, 15) is 14.7 Å². The number of aliphatic hydroxyl groups is 1. The zero-order valence-electron chi connectivity index (χ0n) is 21.8. The zero-order chi connectivity index (χ0) is 27.3. The molecule has 0 saturated carbocycles. The lowest BCUT2D eigenvalue weighted by atomic mass is 9.56. The molecule has 4 aliphatic rings. The van der Waals surface area contributed by atoms with E-state index < -0.39 is 22.9 Å². The number of hydrogen-bond donors (Lipinski definition) is 1. The van der Waals surface area contributed by atoms with Crippen LogP contribution in [0.1, 0.15) is 47.1 Å². The normalized spacial score (nSPS) is 29.5. The van der Waals surface area contributed by atoms with Crippen molar-refractivity contribution in [2.45, 2.75) is 35.7 Å². The summed E-state index contributed by atoms with van der Waals surface area (Å²) in [4.78, 5) is 35.1. The maximum Gasteiger partial charge on any atom is 0.241 e. The molecule has 0 bridgehead atoms. The minimum absolute atomic E-state index is 0.114. The summed E-state index contributed by atoms with van der Waals surface area (Å²) >= 11 is 13.5. The van der Waals surface area contributed by atoms with E-state index in [1.807, 2.05) is 48.5 Å². The lowest BCUT2D eigenvalue weighted by molar-refractivity contribution is -0.132. The Morgan fingerprint density at radius 1 is 0.795 bits per heavy atom. The van der Waals surface area contributed by atoms with Crippen molar-refractivity contribution in [3.63, 3.8) is 0 Å². The van der Waals surface area contributed by atoms with E-state index in [0.29, 0.717) is 39.1 Å². The number of fused-ring (bicyclic) bond motifs is 4. The van der Waals surface area contributed by atoms with E-state index in [4.69, 9.17) is 23.2 Å². The monoisotopic (exact) mass is 561 g/mol. The van der Waals surface area contributed by atoms with Crippen molar-refractivity contribution in [3.05, 3.63) is 93.0 Å². The van der Waals surface area contributed by atoms with Gasteiger partial charge in [-0.2, -0.15) is 0 Å². The molecule has 3 aliphatic heterocycles. The highest BCUT2D eigenvalue weighted by Crippen LogP contribution is 2.69. The van der Waals surface area contributed by atoms with E-state index in [1.54, 1.807) is 36.0 Å². The number of carbonyl (C=O) groups is 2. The first-order chi connectivity index (χ1) is 18.8. The molecule has 0 aromatic heterocycles. The molecule has 3 aromatic carbocycles. The Labute approximate surface area is 237 Å². The fourth-order valence-corrected chi connectivity index (χ4v) is 8.70.